The number of allylic oxidation sites excluding steroid dienone is 1. The van der Waals surface area contributed by atoms with Gasteiger partial charge in [-0.1, -0.05) is 24.8 Å². The third kappa shape index (κ3) is 5.12. The second-order valence-corrected chi connectivity index (χ2v) is 8.98. The number of nitrogens with one attached hydrogen (secondary N) is 1. The van der Waals surface area contributed by atoms with Gasteiger partial charge in [-0.2, -0.15) is 0 Å². The highest BCUT2D eigenvalue weighted by atomic mass is 79.9. The van der Waals surface area contributed by atoms with Gasteiger partial charge in [-0.15, -0.1) is 21.5 Å². The number of Topliss-reactive ketones (excluding diaryl/α,β-unsaturated/α-hetero) is 1. The quantitative estimate of drug-likeness (QED) is 0.452. The maximum absolute atomic E-state index is 12.8. The third-order valence-corrected chi connectivity index (χ3v) is 6.67. The highest BCUT2D eigenvalue weighted by Gasteiger charge is 2.39. The topological polar surface area (TPSA) is 102 Å². The summed E-state index contributed by atoms with van der Waals surface area (Å²) in [7, 11) is 0. The van der Waals surface area contributed by atoms with Gasteiger partial charge in [0.1, 0.15) is 21.7 Å². The fraction of sp³-hybridized carbons (Fsp3) is 0.316. The minimum atomic E-state index is -0.667. The number of halogens is 1. The van der Waals surface area contributed by atoms with Crippen molar-refractivity contribution in [1.82, 2.24) is 10.2 Å². The van der Waals surface area contributed by atoms with Crippen LogP contribution in [0.5, 0.6) is 5.75 Å². The van der Waals surface area contributed by atoms with Crippen LogP contribution in [0.25, 0.3) is 6.08 Å². The van der Waals surface area contributed by atoms with Crippen LogP contribution in [0, 0.1) is 5.41 Å². The Morgan fingerprint density at radius 1 is 1.34 bits per heavy atom. The zero-order valence-corrected chi connectivity index (χ0v) is 18.9. The number of hydrogen-bond acceptors (Lipinski definition) is 9. The summed E-state index contributed by atoms with van der Waals surface area (Å²) in [5, 5.41) is 18.0. The number of carbonyl (C=O) groups excluding carboxylic acids is 2. The van der Waals surface area contributed by atoms with Crippen molar-refractivity contribution in [2.24, 2.45) is 0 Å². The van der Waals surface area contributed by atoms with Crippen molar-refractivity contribution in [3.8, 4) is 5.75 Å². The lowest BCUT2D eigenvalue weighted by molar-refractivity contribution is -0.145. The first-order chi connectivity index (χ1) is 13.9. The molecule has 152 valence electrons. The summed E-state index contributed by atoms with van der Waals surface area (Å²) >= 11 is 5.93. The molecule has 29 heavy (non-hydrogen) atoms. The van der Waals surface area contributed by atoms with Crippen molar-refractivity contribution in [3.63, 3.8) is 0 Å². The Morgan fingerprint density at radius 2 is 2.14 bits per heavy atom. The van der Waals surface area contributed by atoms with E-state index in [1.165, 1.54) is 11.3 Å². The van der Waals surface area contributed by atoms with Crippen LogP contribution in [-0.2, 0) is 20.7 Å². The van der Waals surface area contributed by atoms with Gasteiger partial charge in [-0.3, -0.25) is 10.2 Å². The number of carbonyl (C=O) groups is 2. The van der Waals surface area contributed by atoms with Gasteiger partial charge in [0.2, 0.25) is 0 Å². The van der Waals surface area contributed by atoms with E-state index in [9.17, 15) is 9.59 Å². The summed E-state index contributed by atoms with van der Waals surface area (Å²) in [5.41, 5.74) is 0.774. The molecule has 7 nitrogen and oxygen atoms in total. The molecular formula is C19H18BrN3O4S2. The SMILES string of the molecule is CCOC(=O)COc1ccc(/C=C2\SC(=N)[C@H](c3nnc(CC)s3)C2=O)cc1Br. The Bertz CT molecular complexity index is 990. The van der Waals surface area contributed by atoms with E-state index in [4.69, 9.17) is 14.9 Å². The lowest BCUT2D eigenvalue weighted by atomic mass is 10.1. The molecule has 0 bridgehead atoms. The van der Waals surface area contributed by atoms with Crippen LogP contribution in [0.2, 0.25) is 0 Å². The summed E-state index contributed by atoms with van der Waals surface area (Å²) in [6, 6.07) is 5.28. The van der Waals surface area contributed by atoms with Crippen LogP contribution < -0.4 is 4.74 Å². The van der Waals surface area contributed by atoms with Gasteiger partial charge in [0.25, 0.3) is 0 Å². The number of hydrogen-bond donors (Lipinski definition) is 1. The first-order valence-corrected chi connectivity index (χ1v) is 11.3. The van der Waals surface area contributed by atoms with E-state index in [0.717, 1.165) is 28.8 Å². The number of esters is 1. The molecule has 0 saturated carbocycles. The molecular weight excluding hydrogens is 478 g/mol. The molecule has 2 aromatic rings. The lowest BCUT2D eigenvalue weighted by Gasteiger charge is -2.08. The zero-order chi connectivity index (χ0) is 21.0. The molecule has 0 unspecified atom stereocenters. The first-order valence-electron chi connectivity index (χ1n) is 8.85. The van der Waals surface area contributed by atoms with Crippen molar-refractivity contribution in [1.29, 1.82) is 5.41 Å². The molecule has 3 rings (SSSR count). The zero-order valence-electron chi connectivity index (χ0n) is 15.7. The van der Waals surface area contributed by atoms with Crippen molar-refractivity contribution in [2.45, 2.75) is 26.2 Å². The largest absolute Gasteiger partial charge is 0.481 e. The molecule has 0 radical (unpaired) electrons. The predicted molar refractivity (Wildman–Crippen MR) is 117 cm³/mol. The average molecular weight is 496 g/mol. The van der Waals surface area contributed by atoms with Crippen molar-refractivity contribution in [3.05, 3.63) is 43.2 Å². The summed E-state index contributed by atoms with van der Waals surface area (Å²) in [5.74, 6) is -0.750. The Labute approximate surface area is 184 Å². The fourth-order valence-corrected chi connectivity index (χ4v) is 5.02. The van der Waals surface area contributed by atoms with Gasteiger partial charge in [-0.05, 0) is 53.0 Å². The summed E-state index contributed by atoms with van der Waals surface area (Å²) in [4.78, 5) is 24.7. The van der Waals surface area contributed by atoms with Gasteiger partial charge in [-0.25, -0.2) is 4.79 Å². The molecule has 0 spiro atoms. The van der Waals surface area contributed by atoms with E-state index in [1.807, 2.05) is 6.92 Å². The monoisotopic (exact) mass is 495 g/mol. The number of aromatic nitrogens is 2. The highest BCUT2D eigenvalue weighted by molar-refractivity contribution is 9.10. The van der Waals surface area contributed by atoms with Crippen molar-refractivity contribution < 1.29 is 19.1 Å². The molecule has 1 atom stereocenters. The smallest absolute Gasteiger partial charge is 0.344 e. The van der Waals surface area contributed by atoms with E-state index in [-0.39, 0.29) is 17.4 Å². The van der Waals surface area contributed by atoms with Gasteiger partial charge < -0.3 is 9.47 Å². The molecule has 0 amide bonds. The molecule has 1 N–H and O–H groups in total. The fourth-order valence-electron chi connectivity index (χ4n) is 2.55. The molecule has 0 aliphatic carbocycles. The minimum Gasteiger partial charge on any atom is -0.481 e. The van der Waals surface area contributed by atoms with Gasteiger partial charge in [0, 0.05) is 0 Å². The standard InChI is InChI=1S/C19H18BrN3O4S2/c1-3-14-22-23-19(29-14)16-17(25)13(28-18(16)21)8-10-5-6-12(11(20)7-10)27-9-15(24)26-4-2/h5-8,16,21H,3-4,9H2,1-2H3/b13-8-,21-18?/t16-/m1/s1. The van der Waals surface area contributed by atoms with Crippen LogP contribution in [0.1, 0.15) is 35.3 Å². The summed E-state index contributed by atoms with van der Waals surface area (Å²) in [6.07, 6.45) is 2.49. The van der Waals surface area contributed by atoms with Gasteiger partial charge in [0.15, 0.2) is 12.4 Å². The van der Waals surface area contributed by atoms with E-state index in [0.29, 0.717) is 26.7 Å². The maximum Gasteiger partial charge on any atom is 0.344 e. The van der Waals surface area contributed by atoms with Gasteiger partial charge >= 0.3 is 5.97 Å². The first kappa shape index (κ1) is 21.7. The van der Waals surface area contributed by atoms with Crippen molar-refractivity contribution in [2.75, 3.05) is 13.2 Å². The predicted octanol–water partition coefficient (Wildman–Crippen LogP) is 4.22. The molecule has 1 saturated heterocycles. The van der Waals surface area contributed by atoms with E-state index < -0.39 is 11.9 Å². The lowest BCUT2D eigenvalue weighted by Crippen LogP contribution is -2.14. The van der Waals surface area contributed by atoms with Crippen LogP contribution in [0.3, 0.4) is 0 Å². The Hall–Kier alpha value is -2.04. The van der Waals surface area contributed by atoms with E-state index >= 15 is 0 Å². The number of thioether (sulfide) groups is 1. The molecule has 1 fully saturated rings. The Morgan fingerprint density at radius 3 is 2.79 bits per heavy atom. The number of nitrogens with zero attached hydrogens (tertiary/aromatic N) is 2. The molecule has 2 heterocycles. The number of rotatable bonds is 7. The van der Waals surface area contributed by atoms with Crippen LogP contribution in [0.4, 0.5) is 0 Å². The van der Waals surface area contributed by atoms with E-state index in [1.54, 1.807) is 31.2 Å². The van der Waals surface area contributed by atoms with Crippen molar-refractivity contribution >= 4 is 61.9 Å². The van der Waals surface area contributed by atoms with Crippen LogP contribution in [-0.4, -0.2) is 40.2 Å². The normalized spacial score (nSPS) is 17.8. The average Bonchev–Trinajstić information content (AvgIpc) is 3.25. The number of ketones is 1. The Balaban J connectivity index is 1.74. The minimum absolute atomic E-state index is 0.141. The molecule has 1 aliphatic heterocycles. The molecule has 10 heteroatoms. The summed E-state index contributed by atoms with van der Waals surface area (Å²) < 4.78 is 10.9. The Kier molecular flexibility index (Phi) is 7.20. The number of ether oxygens (including phenoxy) is 2. The van der Waals surface area contributed by atoms with Crippen LogP contribution in [0.15, 0.2) is 27.6 Å². The summed E-state index contributed by atoms with van der Waals surface area (Å²) in [6.45, 7) is 3.83. The number of aryl methyl sites for hydroxylation is 1. The second kappa shape index (κ2) is 9.64. The van der Waals surface area contributed by atoms with E-state index in [2.05, 4.69) is 26.1 Å². The second-order valence-electron chi connectivity index (χ2n) is 5.94. The van der Waals surface area contributed by atoms with Crippen LogP contribution >= 0.6 is 39.0 Å². The highest BCUT2D eigenvalue weighted by Crippen LogP contribution is 2.41. The maximum atomic E-state index is 12.8. The molecule has 1 aromatic carbocycles. The third-order valence-electron chi connectivity index (χ3n) is 3.92. The van der Waals surface area contributed by atoms with Gasteiger partial charge in [0.05, 0.1) is 21.0 Å². The molecule has 1 aromatic heterocycles. The molecule has 1 aliphatic rings. The number of benzene rings is 1.